The summed E-state index contributed by atoms with van der Waals surface area (Å²) in [5, 5.41) is 33.2. The van der Waals surface area contributed by atoms with Gasteiger partial charge in [0.15, 0.2) is 0 Å². The Morgan fingerprint density at radius 3 is 2.31 bits per heavy atom. The van der Waals surface area contributed by atoms with E-state index in [0.29, 0.717) is 11.8 Å². The van der Waals surface area contributed by atoms with Gasteiger partial charge in [0, 0.05) is 17.3 Å². The highest BCUT2D eigenvalue weighted by atomic mass is 16.3. The van der Waals surface area contributed by atoms with Gasteiger partial charge in [-0.1, -0.05) is 79.3 Å². The van der Waals surface area contributed by atoms with Crippen LogP contribution in [0.5, 0.6) is 0 Å². The molecular weight excluding hydrogens is 432 g/mol. The zero-order chi connectivity index (χ0) is 26.1. The summed E-state index contributed by atoms with van der Waals surface area (Å²) in [7, 11) is 0. The Morgan fingerprint density at radius 1 is 1.06 bits per heavy atom. The minimum atomic E-state index is -0.477. The number of fused-ring (bicyclic) bond motifs is 5. The molecule has 4 aliphatic rings. The zero-order valence-corrected chi connectivity index (χ0v) is 23.3. The second kappa shape index (κ2) is 8.62. The Kier molecular flexibility index (Phi) is 6.59. The lowest BCUT2D eigenvalue weighted by Gasteiger charge is -2.61. The molecule has 3 heteroatoms. The van der Waals surface area contributed by atoms with Crippen molar-refractivity contribution in [3.05, 3.63) is 47.8 Å². The number of hydrogen-bond donors (Lipinski definition) is 3. The molecule has 2 saturated carbocycles. The normalized spacial score (nSPS) is 42.9. The second-order valence-corrected chi connectivity index (χ2v) is 14.0. The van der Waals surface area contributed by atoms with Crippen LogP contribution < -0.4 is 0 Å². The summed E-state index contributed by atoms with van der Waals surface area (Å²) in [6, 6.07) is 0. The molecule has 0 aromatic heterocycles. The predicted octanol–water partition coefficient (Wildman–Crippen LogP) is 7.52. The van der Waals surface area contributed by atoms with Crippen LogP contribution in [0.2, 0.25) is 0 Å². The first kappa shape index (κ1) is 26.7. The summed E-state index contributed by atoms with van der Waals surface area (Å²) in [5.41, 5.74) is 3.70. The van der Waals surface area contributed by atoms with Crippen molar-refractivity contribution < 1.29 is 15.3 Å². The summed E-state index contributed by atoms with van der Waals surface area (Å²) in [4.78, 5) is 0. The largest absolute Gasteiger partial charge is 0.513 e. The van der Waals surface area contributed by atoms with E-state index in [1.807, 2.05) is 0 Å². The van der Waals surface area contributed by atoms with E-state index in [-0.39, 0.29) is 45.4 Å². The third-order valence-electron chi connectivity index (χ3n) is 11.7. The third-order valence-corrected chi connectivity index (χ3v) is 11.7. The molecule has 0 aliphatic heterocycles. The van der Waals surface area contributed by atoms with Crippen molar-refractivity contribution in [1.29, 1.82) is 0 Å². The molecule has 196 valence electrons. The lowest BCUT2D eigenvalue weighted by molar-refractivity contribution is -0.0852. The van der Waals surface area contributed by atoms with Crippen molar-refractivity contribution in [2.24, 2.45) is 45.3 Å². The maximum atomic E-state index is 11.6. The fraction of sp³-hybridized carbons (Fsp3) is 0.750. The fourth-order valence-electron chi connectivity index (χ4n) is 9.00. The number of rotatable bonds is 6. The van der Waals surface area contributed by atoms with Crippen LogP contribution in [-0.4, -0.2) is 27.5 Å². The van der Waals surface area contributed by atoms with Gasteiger partial charge in [0.2, 0.25) is 0 Å². The van der Waals surface area contributed by atoms with E-state index in [1.165, 1.54) is 16.7 Å². The highest BCUT2D eigenvalue weighted by Gasteiger charge is 2.66. The van der Waals surface area contributed by atoms with Gasteiger partial charge in [-0.3, -0.25) is 0 Å². The van der Waals surface area contributed by atoms with Gasteiger partial charge < -0.3 is 15.3 Å². The van der Waals surface area contributed by atoms with Crippen molar-refractivity contribution in [2.75, 3.05) is 0 Å². The first-order valence-electron chi connectivity index (χ1n) is 13.9. The van der Waals surface area contributed by atoms with Gasteiger partial charge >= 0.3 is 0 Å². The molecule has 3 nitrogen and oxygen atoms in total. The SMILES string of the molecule is C=C(CCC(C(=C)O)[C@H]1[C@H](O)C[C@@]2(C)C3=CC[C@H]4C(C)(C)[C@@H](O)CC[C@]4(C)C3=CC[C@]12C)C(C)C. The van der Waals surface area contributed by atoms with Crippen molar-refractivity contribution in [2.45, 2.75) is 106 Å². The average Bonchev–Trinajstić information content (AvgIpc) is 2.97. The smallest absolute Gasteiger partial charge is 0.0886 e. The number of hydrogen-bond acceptors (Lipinski definition) is 3. The highest BCUT2D eigenvalue weighted by molar-refractivity contribution is 5.50. The van der Waals surface area contributed by atoms with Crippen molar-refractivity contribution in [1.82, 2.24) is 0 Å². The molecule has 2 fully saturated rings. The predicted molar refractivity (Wildman–Crippen MR) is 145 cm³/mol. The molecule has 0 heterocycles. The van der Waals surface area contributed by atoms with Gasteiger partial charge in [0.05, 0.1) is 18.0 Å². The third kappa shape index (κ3) is 3.74. The molecule has 4 rings (SSSR count). The molecule has 0 aromatic carbocycles. The first-order valence-corrected chi connectivity index (χ1v) is 13.9. The molecule has 0 bridgehead atoms. The molecule has 0 saturated heterocycles. The summed E-state index contributed by atoms with van der Waals surface area (Å²) in [5.74, 6) is 0.850. The van der Waals surface area contributed by atoms with Gasteiger partial charge in [0.1, 0.15) is 0 Å². The van der Waals surface area contributed by atoms with Crippen molar-refractivity contribution in [3.63, 3.8) is 0 Å². The molecular formula is C32H50O3. The van der Waals surface area contributed by atoms with Crippen LogP contribution in [0.15, 0.2) is 47.8 Å². The van der Waals surface area contributed by atoms with E-state index in [0.717, 1.165) is 44.9 Å². The number of aliphatic hydroxyl groups is 3. The maximum Gasteiger partial charge on any atom is 0.0886 e. The standard InChI is InChI=1S/C32H50O3/c1-19(2)20(3)10-11-22(21(4)33)28-25(34)18-32(9)24-12-13-26-29(5,6)27(35)15-16-30(26,7)23(24)14-17-31(28,32)8/h12,14,19,22,25-28,33-35H,3-4,10-11,13,15-18H2,1-2,5-9H3/t22?,25-,26+,27+,28+,30-,31-,32+/m1/s1. The van der Waals surface area contributed by atoms with E-state index in [4.69, 9.17) is 0 Å². The van der Waals surface area contributed by atoms with E-state index in [9.17, 15) is 15.3 Å². The Bertz CT molecular complexity index is 954. The molecule has 3 N–H and O–H groups in total. The van der Waals surface area contributed by atoms with E-state index < -0.39 is 6.10 Å². The van der Waals surface area contributed by atoms with Crippen LogP contribution in [-0.2, 0) is 0 Å². The number of allylic oxidation sites excluding steroid dienone is 6. The Balaban J connectivity index is 1.72. The second-order valence-electron chi connectivity index (χ2n) is 14.0. The van der Waals surface area contributed by atoms with Gasteiger partial charge in [-0.2, -0.15) is 0 Å². The molecule has 4 aliphatic carbocycles. The highest BCUT2D eigenvalue weighted by Crippen LogP contribution is 2.72. The quantitative estimate of drug-likeness (QED) is 0.271. The topological polar surface area (TPSA) is 60.7 Å². The van der Waals surface area contributed by atoms with Crippen LogP contribution in [0.25, 0.3) is 0 Å². The first-order chi connectivity index (χ1) is 16.1. The van der Waals surface area contributed by atoms with Gasteiger partial charge in [-0.05, 0) is 84.2 Å². The average molecular weight is 483 g/mol. The lowest BCUT2D eigenvalue weighted by Crippen LogP contribution is -2.54. The molecule has 35 heavy (non-hydrogen) atoms. The molecule has 0 amide bonds. The van der Waals surface area contributed by atoms with E-state index >= 15 is 0 Å². The molecule has 0 aromatic rings. The lowest BCUT2D eigenvalue weighted by atomic mass is 9.44. The Labute approximate surface area is 214 Å². The molecule has 1 unspecified atom stereocenters. The van der Waals surface area contributed by atoms with Gasteiger partial charge in [-0.25, -0.2) is 0 Å². The van der Waals surface area contributed by atoms with Crippen LogP contribution in [0, 0.1) is 45.3 Å². The fourth-order valence-corrected chi connectivity index (χ4v) is 9.00. The Hall–Kier alpha value is -1.32. The van der Waals surface area contributed by atoms with Crippen LogP contribution >= 0.6 is 0 Å². The van der Waals surface area contributed by atoms with Crippen molar-refractivity contribution >= 4 is 0 Å². The van der Waals surface area contributed by atoms with E-state index in [1.54, 1.807) is 0 Å². The van der Waals surface area contributed by atoms with Gasteiger partial charge in [-0.15, -0.1) is 0 Å². The maximum absolute atomic E-state index is 11.6. The summed E-state index contributed by atoms with van der Waals surface area (Å²) >= 11 is 0. The summed E-state index contributed by atoms with van der Waals surface area (Å²) in [6.45, 7) is 24.2. The minimum Gasteiger partial charge on any atom is -0.513 e. The Morgan fingerprint density at radius 2 is 1.71 bits per heavy atom. The molecule has 8 atom stereocenters. The van der Waals surface area contributed by atoms with Crippen LogP contribution in [0.1, 0.15) is 93.4 Å². The summed E-state index contributed by atoms with van der Waals surface area (Å²) < 4.78 is 0. The molecule has 0 radical (unpaired) electrons. The number of aliphatic hydroxyl groups excluding tert-OH is 3. The summed E-state index contributed by atoms with van der Waals surface area (Å²) in [6.07, 6.45) is 10.3. The minimum absolute atomic E-state index is 0.0428. The van der Waals surface area contributed by atoms with Crippen LogP contribution in [0.4, 0.5) is 0 Å². The molecule has 0 spiro atoms. The monoisotopic (exact) mass is 482 g/mol. The van der Waals surface area contributed by atoms with E-state index in [2.05, 4.69) is 73.8 Å². The van der Waals surface area contributed by atoms with Gasteiger partial charge in [0.25, 0.3) is 0 Å². The van der Waals surface area contributed by atoms with Crippen molar-refractivity contribution in [3.8, 4) is 0 Å². The zero-order valence-electron chi connectivity index (χ0n) is 23.3. The van der Waals surface area contributed by atoms with Crippen LogP contribution in [0.3, 0.4) is 0 Å².